The molecule has 2 nitrogen and oxygen atoms in total. The summed E-state index contributed by atoms with van der Waals surface area (Å²) in [5.41, 5.74) is 3.51. The lowest BCUT2D eigenvalue weighted by molar-refractivity contribution is 0.227. The van der Waals surface area contributed by atoms with Gasteiger partial charge in [0.25, 0.3) is 0 Å². The Labute approximate surface area is 130 Å². The first-order valence-corrected chi connectivity index (χ1v) is 8.29. The van der Waals surface area contributed by atoms with E-state index in [0.29, 0.717) is 18.1 Å². The van der Waals surface area contributed by atoms with E-state index in [1.807, 2.05) is 0 Å². The van der Waals surface area contributed by atoms with Crippen LogP contribution in [0.5, 0.6) is 0 Å². The second-order valence-electron chi connectivity index (χ2n) is 7.93. The van der Waals surface area contributed by atoms with Gasteiger partial charge in [0.15, 0.2) is 0 Å². The first-order valence-electron chi connectivity index (χ1n) is 8.29. The van der Waals surface area contributed by atoms with Crippen molar-refractivity contribution in [2.24, 2.45) is 5.41 Å². The quantitative estimate of drug-likeness (QED) is 0.823. The van der Waals surface area contributed by atoms with E-state index in [9.17, 15) is 0 Å². The third kappa shape index (κ3) is 4.08. The summed E-state index contributed by atoms with van der Waals surface area (Å²) in [6, 6.07) is 9.37. The van der Waals surface area contributed by atoms with Crippen LogP contribution in [0.25, 0.3) is 0 Å². The number of nitrogens with one attached hydrogen (secondary N) is 1. The van der Waals surface area contributed by atoms with Crippen LogP contribution in [0.4, 0.5) is 0 Å². The van der Waals surface area contributed by atoms with E-state index >= 15 is 0 Å². The number of hydrogen-bond donors (Lipinski definition) is 2. The van der Waals surface area contributed by atoms with Crippen LogP contribution in [0.15, 0.2) is 24.3 Å². The minimum absolute atomic E-state index is 0.241. The van der Waals surface area contributed by atoms with Crippen molar-refractivity contribution in [1.29, 1.82) is 0 Å². The Hall–Kier alpha value is -0.860. The van der Waals surface area contributed by atoms with Crippen LogP contribution in [-0.2, 0) is 5.41 Å². The molecule has 1 aromatic rings. The minimum atomic E-state index is 0.241. The Balaban J connectivity index is 2.05. The fraction of sp³-hybridized carbons (Fsp3) is 0.684. The lowest BCUT2D eigenvalue weighted by Crippen LogP contribution is -2.37. The minimum Gasteiger partial charge on any atom is -0.396 e. The molecule has 2 N–H and O–H groups in total. The van der Waals surface area contributed by atoms with Crippen molar-refractivity contribution in [3.8, 4) is 0 Å². The van der Waals surface area contributed by atoms with Crippen LogP contribution in [0.2, 0.25) is 0 Å². The molecule has 0 saturated heterocycles. The molecule has 1 unspecified atom stereocenters. The molecule has 0 radical (unpaired) electrons. The number of aliphatic hydroxyl groups excluding tert-OH is 1. The van der Waals surface area contributed by atoms with E-state index in [2.05, 4.69) is 57.3 Å². The molecule has 0 bridgehead atoms. The third-order valence-electron chi connectivity index (χ3n) is 4.96. The van der Waals surface area contributed by atoms with Crippen LogP contribution in [-0.4, -0.2) is 18.3 Å². The highest BCUT2D eigenvalue weighted by Crippen LogP contribution is 2.41. The highest BCUT2D eigenvalue weighted by molar-refractivity contribution is 5.38. The lowest BCUT2D eigenvalue weighted by atomic mass is 9.71. The number of fused-ring (bicyclic) bond motifs is 1. The Kier molecular flexibility index (Phi) is 5.11. The summed E-state index contributed by atoms with van der Waals surface area (Å²) in [6.07, 6.45) is 4.40. The number of aliphatic hydroxyl groups is 1. The van der Waals surface area contributed by atoms with Crippen LogP contribution in [0.1, 0.15) is 70.5 Å². The van der Waals surface area contributed by atoms with E-state index < -0.39 is 0 Å². The Morgan fingerprint density at radius 2 is 2.00 bits per heavy atom. The maximum absolute atomic E-state index is 9.01. The molecular formula is C19H31NO. The zero-order valence-electron chi connectivity index (χ0n) is 14.1. The van der Waals surface area contributed by atoms with E-state index in [1.54, 1.807) is 0 Å². The zero-order chi connectivity index (χ0) is 15.5. The SMILES string of the molecule is CC(C)(CCCO)CNC1CCC(C)(C)c2ccccc21. The fourth-order valence-electron chi connectivity index (χ4n) is 3.47. The second kappa shape index (κ2) is 6.50. The first-order chi connectivity index (χ1) is 9.86. The molecule has 2 rings (SSSR count). The lowest BCUT2D eigenvalue weighted by Gasteiger charge is -2.38. The predicted octanol–water partition coefficient (Wildman–Crippen LogP) is 4.19. The molecule has 1 aliphatic carbocycles. The van der Waals surface area contributed by atoms with Crippen molar-refractivity contribution < 1.29 is 5.11 Å². The summed E-state index contributed by atoms with van der Waals surface area (Å²) in [4.78, 5) is 0. The first kappa shape index (κ1) is 16.5. The Morgan fingerprint density at radius 1 is 1.29 bits per heavy atom. The van der Waals surface area contributed by atoms with Crippen molar-refractivity contribution in [1.82, 2.24) is 5.32 Å². The molecule has 0 saturated carbocycles. The highest BCUT2D eigenvalue weighted by Gasteiger charge is 2.32. The van der Waals surface area contributed by atoms with Crippen molar-refractivity contribution in [2.45, 2.75) is 64.8 Å². The van der Waals surface area contributed by atoms with Gasteiger partial charge in [-0.3, -0.25) is 0 Å². The number of rotatable bonds is 6. The smallest absolute Gasteiger partial charge is 0.0431 e. The summed E-state index contributed by atoms with van der Waals surface area (Å²) < 4.78 is 0. The third-order valence-corrected chi connectivity index (χ3v) is 4.96. The molecule has 0 aliphatic heterocycles. The fourth-order valence-corrected chi connectivity index (χ4v) is 3.47. The van der Waals surface area contributed by atoms with Crippen molar-refractivity contribution in [2.75, 3.05) is 13.2 Å². The Bertz CT molecular complexity index is 464. The molecule has 0 aromatic heterocycles. The Morgan fingerprint density at radius 3 is 2.71 bits per heavy atom. The molecule has 1 aromatic carbocycles. The van der Waals surface area contributed by atoms with Crippen molar-refractivity contribution >= 4 is 0 Å². The molecule has 0 heterocycles. The summed E-state index contributed by atoms with van der Waals surface area (Å²) in [5.74, 6) is 0. The maximum atomic E-state index is 9.01. The predicted molar refractivity (Wildman–Crippen MR) is 89.5 cm³/mol. The van der Waals surface area contributed by atoms with Gasteiger partial charge in [-0.2, -0.15) is 0 Å². The largest absolute Gasteiger partial charge is 0.396 e. The second-order valence-corrected chi connectivity index (χ2v) is 7.93. The van der Waals surface area contributed by atoms with Gasteiger partial charge in [0.05, 0.1) is 0 Å². The van der Waals surface area contributed by atoms with Crippen LogP contribution in [0.3, 0.4) is 0 Å². The van der Waals surface area contributed by atoms with Crippen molar-refractivity contribution in [3.05, 3.63) is 35.4 Å². The molecule has 118 valence electrons. The standard InChI is InChI=1S/C19H31NO/c1-18(2,11-7-13-21)14-20-17-10-12-19(3,4)16-9-6-5-8-15(16)17/h5-6,8-9,17,20-21H,7,10-14H2,1-4H3. The molecular weight excluding hydrogens is 258 g/mol. The van der Waals surface area contributed by atoms with Gasteiger partial charge in [-0.1, -0.05) is 52.0 Å². The summed E-state index contributed by atoms with van der Waals surface area (Å²) >= 11 is 0. The van der Waals surface area contributed by atoms with Crippen LogP contribution < -0.4 is 5.32 Å². The molecule has 2 heteroatoms. The normalized spacial score (nSPS) is 21.1. The van der Waals surface area contributed by atoms with Crippen molar-refractivity contribution in [3.63, 3.8) is 0 Å². The summed E-state index contributed by atoms with van der Waals surface area (Å²) in [7, 11) is 0. The van der Waals surface area contributed by atoms with Crippen LogP contribution in [0, 0.1) is 5.41 Å². The summed E-state index contributed by atoms with van der Waals surface area (Å²) in [6.45, 7) is 10.6. The molecule has 21 heavy (non-hydrogen) atoms. The average molecular weight is 289 g/mol. The molecule has 0 amide bonds. The van der Waals surface area contributed by atoms with E-state index in [0.717, 1.165) is 19.4 Å². The summed E-state index contributed by atoms with van der Waals surface area (Å²) in [5, 5.41) is 12.8. The molecule has 0 fully saturated rings. The van der Waals surface area contributed by atoms with Gasteiger partial charge in [-0.25, -0.2) is 0 Å². The van der Waals surface area contributed by atoms with Gasteiger partial charge in [-0.05, 0) is 47.6 Å². The van der Waals surface area contributed by atoms with E-state index in [1.165, 1.54) is 24.0 Å². The monoisotopic (exact) mass is 289 g/mol. The average Bonchev–Trinajstić information content (AvgIpc) is 2.45. The zero-order valence-corrected chi connectivity index (χ0v) is 14.1. The van der Waals surface area contributed by atoms with Gasteiger partial charge in [0.1, 0.15) is 0 Å². The van der Waals surface area contributed by atoms with Crippen LogP contribution >= 0.6 is 0 Å². The van der Waals surface area contributed by atoms with Gasteiger partial charge >= 0.3 is 0 Å². The van der Waals surface area contributed by atoms with E-state index in [-0.39, 0.29) is 5.41 Å². The number of hydrogen-bond acceptors (Lipinski definition) is 2. The highest BCUT2D eigenvalue weighted by atomic mass is 16.2. The maximum Gasteiger partial charge on any atom is 0.0431 e. The van der Waals surface area contributed by atoms with Gasteiger partial charge in [-0.15, -0.1) is 0 Å². The molecule has 1 aliphatic rings. The topological polar surface area (TPSA) is 32.3 Å². The van der Waals surface area contributed by atoms with Gasteiger partial charge in [0, 0.05) is 19.2 Å². The van der Waals surface area contributed by atoms with Gasteiger partial charge in [0.2, 0.25) is 0 Å². The number of benzene rings is 1. The molecule has 1 atom stereocenters. The van der Waals surface area contributed by atoms with Gasteiger partial charge < -0.3 is 10.4 Å². The van der Waals surface area contributed by atoms with E-state index in [4.69, 9.17) is 5.11 Å². The molecule has 0 spiro atoms.